The van der Waals surface area contributed by atoms with E-state index >= 15 is 0 Å². The first-order chi connectivity index (χ1) is 19.7. The predicted octanol–water partition coefficient (Wildman–Crippen LogP) is 7.88. The van der Waals surface area contributed by atoms with Crippen molar-refractivity contribution in [2.24, 2.45) is 0 Å². The molecule has 236 valence electrons. The topological polar surface area (TPSA) is 111 Å². The highest BCUT2D eigenvalue weighted by Crippen LogP contribution is 2.51. The van der Waals surface area contributed by atoms with Gasteiger partial charge in [-0.25, -0.2) is 4.98 Å². The molecule has 1 fully saturated rings. The number of hydrogen-bond acceptors (Lipinski definition) is 8. The van der Waals surface area contributed by atoms with E-state index in [0.717, 1.165) is 11.1 Å². The molecule has 0 unspecified atom stereocenters. The second kappa shape index (κ2) is 12.1. The third kappa shape index (κ3) is 6.99. The Morgan fingerprint density at radius 2 is 1.60 bits per heavy atom. The summed E-state index contributed by atoms with van der Waals surface area (Å²) in [5.41, 5.74) is 3.38. The molecule has 3 aromatic rings. The van der Waals surface area contributed by atoms with Gasteiger partial charge < -0.3 is 19.3 Å². The number of imidazole rings is 1. The number of aryl methyl sites for hydroxylation is 1. The molecule has 13 heteroatoms. The third-order valence-electron chi connectivity index (χ3n) is 9.28. The molecule has 0 radical (unpaired) electrons. The maximum atomic E-state index is 12.8. The highest BCUT2D eigenvalue weighted by atomic mass is 35.5. The van der Waals surface area contributed by atoms with Crippen LogP contribution in [0.15, 0.2) is 30.6 Å². The molecule has 0 bridgehead atoms. The first-order valence-corrected chi connectivity index (χ1v) is 21.8. The minimum absolute atomic E-state index is 0.0789. The van der Waals surface area contributed by atoms with Crippen LogP contribution in [0.1, 0.15) is 58.0 Å². The van der Waals surface area contributed by atoms with E-state index in [0.29, 0.717) is 23.5 Å². The summed E-state index contributed by atoms with van der Waals surface area (Å²) in [5.74, 6) is -0.400. The maximum Gasteiger partial charge on any atom is 0.319 e. The fourth-order valence-electron chi connectivity index (χ4n) is 4.54. The lowest BCUT2D eigenvalue weighted by atomic mass is 10.1. The Hall–Kier alpha value is -1.97. The van der Waals surface area contributed by atoms with Crippen molar-refractivity contribution >= 4 is 62.9 Å². The molecule has 0 spiro atoms. The molecule has 9 nitrogen and oxygen atoms in total. The molecule has 0 saturated carbocycles. The lowest BCUT2D eigenvalue weighted by molar-refractivity contribution is -0.139. The summed E-state index contributed by atoms with van der Waals surface area (Å²) in [6, 6.07) is 8.14. The molecule has 4 rings (SSSR count). The maximum absolute atomic E-state index is 12.8. The van der Waals surface area contributed by atoms with Crippen LogP contribution < -0.4 is 5.32 Å². The first kappa shape index (κ1) is 33.9. The smallest absolute Gasteiger partial charge is 0.319 e. The van der Waals surface area contributed by atoms with Crippen LogP contribution in [0.25, 0.3) is 11.2 Å². The van der Waals surface area contributed by atoms with Crippen LogP contribution in [-0.2, 0) is 20.2 Å². The minimum Gasteiger partial charge on any atom is -0.480 e. The van der Waals surface area contributed by atoms with E-state index in [2.05, 4.69) is 102 Å². The Morgan fingerprint density at radius 1 is 1.02 bits per heavy atom. The molecule has 1 aliphatic rings. The van der Waals surface area contributed by atoms with Gasteiger partial charge in [-0.15, -0.1) is 11.8 Å². The van der Waals surface area contributed by atoms with Crippen molar-refractivity contribution in [2.75, 3.05) is 5.32 Å². The zero-order valence-electron chi connectivity index (χ0n) is 27.2. The van der Waals surface area contributed by atoms with Crippen LogP contribution in [0.4, 0.5) is 5.82 Å². The zero-order chi connectivity index (χ0) is 32.1. The zero-order valence-corrected chi connectivity index (χ0v) is 30.7. The fraction of sp³-hybridized carbons (Fsp3) is 0.600. The van der Waals surface area contributed by atoms with Crippen LogP contribution in [0.3, 0.4) is 0 Å². The molecule has 3 heterocycles. The van der Waals surface area contributed by atoms with Gasteiger partial charge in [-0.05, 0) is 65.9 Å². The van der Waals surface area contributed by atoms with E-state index in [4.69, 9.17) is 25.4 Å². The number of anilines is 1. The largest absolute Gasteiger partial charge is 0.480 e. The van der Waals surface area contributed by atoms with E-state index in [9.17, 15) is 9.90 Å². The first-order valence-electron chi connectivity index (χ1n) is 14.7. The number of benzene rings is 1. The highest BCUT2D eigenvalue weighted by Gasteiger charge is 2.56. The van der Waals surface area contributed by atoms with Gasteiger partial charge in [0.1, 0.15) is 16.7 Å². The highest BCUT2D eigenvalue weighted by molar-refractivity contribution is 8.01. The molecule has 1 aliphatic heterocycles. The van der Waals surface area contributed by atoms with Crippen molar-refractivity contribution in [3.8, 4) is 0 Å². The molecular weight excluding hydrogens is 618 g/mol. The second-order valence-electron chi connectivity index (χ2n) is 14.4. The monoisotopic (exact) mass is 663 g/mol. The number of nitrogens with one attached hydrogen (secondary N) is 1. The van der Waals surface area contributed by atoms with Crippen LogP contribution in [0, 0.1) is 6.92 Å². The van der Waals surface area contributed by atoms with Crippen molar-refractivity contribution in [3.05, 3.63) is 47.0 Å². The minimum atomic E-state index is -2.38. The Bertz CT molecular complexity index is 1490. The number of carboxylic acid groups (broad SMARTS) is 1. The number of fused-ring (bicyclic) bond motifs is 1. The van der Waals surface area contributed by atoms with E-state index in [1.807, 2.05) is 16.7 Å². The van der Waals surface area contributed by atoms with Gasteiger partial charge in [-0.1, -0.05) is 65.8 Å². The normalized spacial score (nSPS) is 21.9. The van der Waals surface area contributed by atoms with Crippen LogP contribution in [0.5, 0.6) is 0 Å². The predicted molar refractivity (Wildman–Crippen MR) is 181 cm³/mol. The Balaban J connectivity index is 1.80. The van der Waals surface area contributed by atoms with Gasteiger partial charge in [-0.3, -0.25) is 9.36 Å². The number of aliphatic carboxylic acids is 1. The number of thioether (sulfide) groups is 1. The number of rotatable bonds is 9. The Labute approximate surface area is 266 Å². The van der Waals surface area contributed by atoms with E-state index in [1.54, 1.807) is 6.33 Å². The SMILES string of the molecule is Cc1ccccc1CNc1nc(Cl)nc2c1ncn2[C@@H]1S[C@H](C(=O)O)[C@@H](O[Si](C)(C)C(C)(C)C)[C@H]1O[Si](C)(C)C(C)(C)C. The van der Waals surface area contributed by atoms with Crippen molar-refractivity contribution in [3.63, 3.8) is 0 Å². The molecule has 43 heavy (non-hydrogen) atoms. The number of halogens is 1. The summed E-state index contributed by atoms with van der Waals surface area (Å²) in [4.78, 5) is 26.5. The van der Waals surface area contributed by atoms with E-state index in [-0.39, 0.29) is 15.4 Å². The van der Waals surface area contributed by atoms with Crippen molar-refractivity contribution in [2.45, 2.75) is 114 Å². The molecular formula is C30H46ClN5O4SSi2. The molecule has 1 saturated heterocycles. The molecule has 4 atom stereocenters. The second-order valence-corrected chi connectivity index (χ2v) is 25.5. The van der Waals surface area contributed by atoms with Crippen molar-refractivity contribution in [1.29, 1.82) is 0 Å². The summed E-state index contributed by atoms with van der Waals surface area (Å²) in [5, 5.41) is 12.4. The van der Waals surface area contributed by atoms with Crippen molar-refractivity contribution < 1.29 is 18.8 Å². The van der Waals surface area contributed by atoms with Gasteiger partial charge in [-0.2, -0.15) is 9.97 Å². The van der Waals surface area contributed by atoms with Gasteiger partial charge in [0, 0.05) is 6.54 Å². The van der Waals surface area contributed by atoms with E-state index in [1.165, 1.54) is 11.8 Å². The number of carboxylic acids is 1. The third-order valence-corrected chi connectivity index (χ3v) is 19.9. The standard InChI is InChI=1S/C30H46ClN5O4SSi2/c1-18-14-12-13-15-19(18)16-32-24-20-25(35-28(31)34-24)36(17-33-20)26-22(40-43(10,11)30(5,6)7)21(23(41-26)27(37)38)39-42(8,9)29(2,3)4/h12-15,17,21-23,26H,16H2,1-11H3,(H,37,38)(H,32,34,35)/t21-,22+,23-,26+/m0/s1. The fourth-order valence-corrected chi connectivity index (χ4v) is 8.93. The van der Waals surface area contributed by atoms with Crippen LogP contribution >= 0.6 is 23.4 Å². The van der Waals surface area contributed by atoms with Gasteiger partial charge in [0.2, 0.25) is 5.28 Å². The summed E-state index contributed by atoms with van der Waals surface area (Å²) >= 11 is 7.80. The Morgan fingerprint density at radius 3 is 2.16 bits per heavy atom. The average molecular weight is 664 g/mol. The molecule has 2 aromatic heterocycles. The summed E-state index contributed by atoms with van der Waals surface area (Å²) < 4.78 is 15.9. The number of carbonyl (C=O) groups is 1. The average Bonchev–Trinajstić information content (AvgIpc) is 3.43. The lowest BCUT2D eigenvalue weighted by Crippen LogP contribution is -2.54. The van der Waals surface area contributed by atoms with Crippen molar-refractivity contribution in [1.82, 2.24) is 19.5 Å². The quantitative estimate of drug-likeness (QED) is 0.174. The van der Waals surface area contributed by atoms with Gasteiger partial charge in [0.15, 0.2) is 33.6 Å². The number of aromatic nitrogens is 4. The van der Waals surface area contributed by atoms with Gasteiger partial charge in [0.05, 0.1) is 12.4 Å². The molecule has 1 aromatic carbocycles. The Kier molecular flexibility index (Phi) is 9.54. The molecule has 0 amide bonds. The van der Waals surface area contributed by atoms with Gasteiger partial charge >= 0.3 is 5.97 Å². The van der Waals surface area contributed by atoms with E-state index < -0.39 is 45.4 Å². The summed E-state index contributed by atoms with van der Waals surface area (Å²) in [6.07, 6.45) is 0.494. The molecule has 0 aliphatic carbocycles. The van der Waals surface area contributed by atoms with Crippen LogP contribution in [-0.4, -0.2) is 64.7 Å². The number of nitrogens with zero attached hydrogens (tertiary/aromatic N) is 4. The summed E-state index contributed by atoms with van der Waals surface area (Å²) in [7, 11) is -4.75. The van der Waals surface area contributed by atoms with Crippen LogP contribution in [0.2, 0.25) is 41.5 Å². The number of hydrogen-bond donors (Lipinski definition) is 2. The van der Waals surface area contributed by atoms with Gasteiger partial charge in [0.25, 0.3) is 0 Å². The summed E-state index contributed by atoms with van der Waals surface area (Å²) in [6.45, 7) is 24.3. The lowest BCUT2D eigenvalue weighted by Gasteiger charge is -2.44. The molecule has 2 N–H and O–H groups in total.